The van der Waals surface area contributed by atoms with Gasteiger partial charge in [0.1, 0.15) is 5.82 Å². The Hall–Kier alpha value is -2.60. The Bertz CT molecular complexity index is 1010. The molecule has 0 atom stereocenters. The summed E-state index contributed by atoms with van der Waals surface area (Å²) in [6.45, 7) is 3.92. The van der Waals surface area contributed by atoms with Crippen LogP contribution in [0.3, 0.4) is 0 Å². The first-order valence-electron chi connectivity index (χ1n) is 8.19. The summed E-state index contributed by atoms with van der Waals surface area (Å²) in [7, 11) is 0. The lowest BCUT2D eigenvalue weighted by atomic mass is 10.1. The summed E-state index contributed by atoms with van der Waals surface area (Å²) in [6, 6.07) is 11.2. The van der Waals surface area contributed by atoms with Crippen LogP contribution in [-0.2, 0) is 10.5 Å². The largest absolute Gasteiger partial charge is 0.357 e. The van der Waals surface area contributed by atoms with Crippen molar-refractivity contribution in [3.63, 3.8) is 0 Å². The van der Waals surface area contributed by atoms with E-state index in [0.717, 1.165) is 22.3 Å². The number of carbonyl (C=O) groups excluding carboxylic acids is 1. The van der Waals surface area contributed by atoms with Crippen molar-refractivity contribution in [3.8, 4) is 0 Å². The number of amides is 1. The summed E-state index contributed by atoms with van der Waals surface area (Å²) in [5.74, 6) is 0.249. The normalized spacial score (nSPS) is 10.9. The number of H-pyrrole nitrogens is 1. The molecule has 0 bridgehead atoms. The maximum absolute atomic E-state index is 12.9. The van der Waals surface area contributed by atoms with Crippen molar-refractivity contribution in [1.82, 2.24) is 4.98 Å². The molecular weight excluding hydrogens is 351 g/mol. The molecule has 1 heterocycles. The first kappa shape index (κ1) is 18.2. The van der Waals surface area contributed by atoms with Gasteiger partial charge in [-0.2, -0.15) is 0 Å². The number of aryl methyl sites for hydroxylation is 2. The van der Waals surface area contributed by atoms with E-state index < -0.39 is 0 Å². The van der Waals surface area contributed by atoms with Crippen LogP contribution in [-0.4, -0.2) is 16.6 Å². The summed E-state index contributed by atoms with van der Waals surface area (Å²) in [4.78, 5) is 27.6. The van der Waals surface area contributed by atoms with Gasteiger partial charge in [-0.25, -0.2) is 4.39 Å². The van der Waals surface area contributed by atoms with Gasteiger partial charge in [-0.1, -0.05) is 6.07 Å². The van der Waals surface area contributed by atoms with Gasteiger partial charge in [-0.3, -0.25) is 9.59 Å². The van der Waals surface area contributed by atoms with Crippen molar-refractivity contribution in [2.45, 2.75) is 19.6 Å². The van der Waals surface area contributed by atoms with Crippen molar-refractivity contribution in [2.75, 3.05) is 11.1 Å². The molecule has 0 aliphatic carbocycles. The topological polar surface area (TPSA) is 62.0 Å². The second kappa shape index (κ2) is 7.74. The van der Waals surface area contributed by atoms with Crippen LogP contribution in [0.4, 0.5) is 10.1 Å². The number of fused-ring (bicyclic) bond motifs is 1. The van der Waals surface area contributed by atoms with Crippen molar-refractivity contribution >= 4 is 34.3 Å². The van der Waals surface area contributed by atoms with Crippen LogP contribution in [0, 0.1) is 19.7 Å². The third kappa shape index (κ3) is 4.32. The SMILES string of the molecule is Cc1cc(C)c2c(=O)cc(CSCC(=O)Nc3ccc(F)cc3)[nH]c2c1. The summed E-state index contributed by atoms with van der Waals surface area (Å²) in [5, 5.41) is 3.42. The monoisotopic (exact) mass is 370 g/mol. The van der Waals surface area contributed by atoms with Crippen molar-refractivity contribution < 1.29 is 9.18 Å². The highest BCUT2D eigenvalue weighted by Gasteiger charge is 2.08. The maximum atomic E-state index is 12.9. The number of hydrogen-bond acceptors (Lipinski definition) is 3. The molecule has 0 radical (unpaired) electrons. The predicted molar refractivity (Wildman–Crippen MR) is 105 cm³/mol. The lowest BCUT2D eigenvalue weighted by Gasteiger charge is -2.08. The molecule has 3 rings (SSSR count). The van der Waals surface area contributed by atoms with Gasteiger partial charge in [-0.05, 0) is 55.3 Å². The summed E-state index contributed by atoms with van der Waals surface area (Å²) >= 11 is 1.41. The number of halogens is 1. The van der Waals surface area contributed by atoms with Crippen LogP contribution >= 0.6 is 11.8 Å². The van der Waals surface area contributed by atoms with Gasteiger partial charge in [0.25, 0.3) is 0 Å². The summed E-state index contributed by atoms with van der Waals surface area (Å²) in [6.07, 6.45) is 0. The van der Waals surface area contributed by atoms with Crippen LogP contribution in [0.25, 0.3) is 10.9 Å². The minimum Gasteiger partial charge on any atom is -0.357 e. The Morgan fingerprint density at radius 2 is 1.88 bits per heavy atom. The molecule has 4 nitrogen and oxygen atoms in total. The number of rotatable bonds is 5. The third-order valence-electron chi connectivity index (χ3n) is 3.95. The molecule has 0 saturated heterocycles. The zero-order chi connectivity index (χ0) is 18.7. The van der Waals surface area contributed by atoms with Crippen LogP contribution in [0.1, 0.15) is 16.8 Å². The van der Waals surface area contributed by atoms with Crippen molar-refractivity contribution in [3.05, 3.63) is 75.3 Å². The second-order valence-electron chi connectivity index (χ2n) is 6.21. The highest BCUT2D eigenvalue weighted by Crippen LogP contribution is 2.18. The van der Waals surface area contributed by atoms with E-state index in [9.17, 15) is 14.0 Å². The first-order valence-corrected chi connectivity index (χ1v) is 9.34. The number of pyridine rings is 1. The number of benzene rings is 2. The number of anilines is 1. The zero-order valence-corrected chi connectivity index (χ0v) is 15.4. The van der Waals surface area contributed by atoms with Crippen LogP contribution in [0.2, 0.25) is 0 Å². The zero-order valence-electron chi connectivity index (χ0n) is 14.6. The van der Waals surface area contributed by atoms with Gasteiger partial charge >= 0.3 is 0 Å². The molecule has 1 aromatic heterocycles. The van der Waals surface area contributed by atoms with Gasteiger partial charge in [0.2, 0.25) is 5.91 Å². The minimum absolute atomic E-state index is 0.0115. The number of aromatic amines is 1. The Kier molecular flexibility index (Phi) is 5.42. The highest BCUT2D eigenvalue weighted by atomic mass is 32.2. The fourth-order valence-electron chi connectivity index (χ4n) is 2.89. The Balaban J connectivity index is 1.63. The molecule has 0 aliphatic rings. The molecule has 2 N–H and O–H groups in total. The summed E-state index contributed by atoms with van der Waals surface area (Å²) in [5.41, 5.74) is 4.20. The fraction of sp³-hybridized carbons (Fsp3) is 0.200. The van der Waals surface area contributed by atoms with E-state index in [1.54, 1.807) is 6.07 Å². The molecule has 0 fully saturated rings. The Morgan fingerprint density at radius 3 is 2.62 bits per heavy atom. The van der Waals surface area contributed by atoms with E-state index in [0.29, 0.717) is 16.8 Å². The van der Waals surface area contributed by atoms with Crippen LogP contribution < -0.4 is 10.7 Å². The molecule has 0 spiro atoms. The first-order chi connectivity index (χ1) is 12.4. The molecule has 134 valence electrons. The van der Waals surface area contributed by atoms with Gasteiger partial charge < -0.3 is 10.3 Å². The Labute approximate surface area is 154 Å². The number of nitrogens with one attached hydrogen (secondary N) is 2. The molecule has 2 aromatic carbocycles. The van der Waals surface area contributed by atoms with E-state index >= 15 is 0 Å². The van der Waals surface area contributed by atoms with Gasteiger partial charge in [-0.15, -0.1) is 11.8 Å². The second-order valence-corrected chi connectivity index (χ2v) is 7.20. The highest BCUT2D eigenvalue weighted by molar-refractivity contribution is 7.99. The van der Waals surface area contributed by atoms with Crippen LogP contribution in [0.15, 0.2) is 47.3 Å². The van der Waals surface area contributed by atoms with Crippen LogP contribution in [0.5, 0.6) is 0 Å². The van der Waals surface area contributed by atoms with Gasteiger partial charge in [0, 0.05) is 28.6 Å². The van der Waals surface area contributed by atoms with E-state index in [4.69, 9.17) is 0 Å². The quantitative estimate of drug-likeness (QED) is 0.709. The average molecular weight is 370 g/mol. The fourth-order valence-corrected chi connectivity index (χ4v) is 3.63. The van der Waals surface area contributed by atoms with E-state index in [2.05, 4.69) is 10.3 Å². The maximum Gasteiger partial charge on any atom is 0.234 e. The smallest absolute Gasteiger partial charge is 0.234 e. The molecule has 26 heavy (non-hydrogen) atoms. The van der Waals surface area contributed by atoms with Crippen molar-refractivity contribution in [2.24, 2.45) is 0 Å². The van der Waals surface area contributed by atoms with E-state index in [1.807, 2.05) is 26.0 Å². The average Bonchev–Trinajstić information content (AvgIpc) is 2.56. The number of hydrogen-bond donors (Lipinski definition) is 2. The molecular formula is C20H19FN2O2S. The Morgan fingerprint density at radius 1 is 1.15 bits per heavy atom. The van der Waals surface area contributed by atoms with Gasteiger partial charge in [0.15, 0.2) is 5.43 Å². The molecule has 6 heteroatoms. The molecule has 0 aliphatic heterocycles. The van der Waals surface area contributed by atoms with E-state index in [1.165, 1.54) is 36.0 Å². The van der Waals surface area contributed by atoms with Crippen molar-refractivity contribution in [1.29, 1.82) is 0 Å². The molecule has 3 aromatic rings. The lowest BCUT2D eigenvalue weighted by molar-refractivity contribution is -0.113. The predicted octanol–water partition coefficient (Wildman–Crippen LogP) is 4.16. The number of thioether (sulfide) groups is 1. The minimum atomic E-state index is -0.344. The van der Waals surface area contributed by atoms with E-state index in [-0.39, 0.29) is 22.9 Å². The molecule has 0 unspecified atom stereocenters. The lowest BCUT2D eigenvalue weighted by Crippen LogP contribution is -2.14. The third-order valence-corrected chi connectivity index (χ3v) is 4.93. The van der Waals surface area contributed by atoms with Gasteiger partial charge in [0.05, 0.1) is 11.3 Å². The molecule has 0 saturated carbocycles. The standard InChI is InChI=1S/C20H19FN2O2S/c1-12-7-13(2)20-17(8-12)22-16(9-18(20)24)10-26-11-19(25)23-15-5-3-14(21)4-6-15/h3-9H,10-11H2,1-2H3,(H,22,24)(H,23,25). The molecule has 1 amide bonds. The summed E-state index contributed by atoms with van der Waals surface area (Å²) < 4.78 is 12.9. The number of aromatic nitrogens is 1. The number of carbonyl (C=O) groups is 1.